The van der Waals surface area contributed by atoms with E-state index >= 15 is 0 Å². The molecule has 1 aromatic heterocycles. The second kappa shape index (κ2) is 7.66. The van der Waals surface area contributed by atoms with E-state index in [9.17, 15) is 0 Å². The van der Waals surface area contributed by atoms with Gasteiger partial charge in [-0.2, -0.15) is 0 Å². The number of allylic oxidation sites excluding steroid dienone is 1. The highest BCUT2D eigenvalue weighted by Gasteiger charge is 2.27. The summed E-state index contributed by atoms with van der Waals surface area (Å²) in [6.45, 7) is 2.14. The first-order chi connectivity index (χ1) is 14.6. The maximum Gasteiger partial charge on any atom is 0.212 e. The fourth-order valence-corrected chi connectivity index (χ4v) is 5.40. The van der Waals surface area contributed by atoms with E-state index in [0.717, 1.165) is 6.42 Å². The van der Waals surface area contributed by atoms with Crippen LogP contribution in [0.4, 0.5) is 5.69 Å². The smallest absolute Gasteiger partial charge is 0.212 e. The van der Waals surface area contributed by atoms with E-state index in [1.807, 2.05) is 11.8 Å². The van der Waals surface area contributed by atoms with Crippen molar-refractivity contribution in [2.24, 2.45) is 7.05 Å². The zero-order valence-electron chi connectivity index (χ0n) is 17.6. The number of anilines is 1. The topological polar surface area (TPSA) is 7.12 Å². The summed E-state index contributed by atoms with van der Waals surface area (Å²) in [4.78, 5) is 3.67. The molecule has 0 bridgehead atoms. The molecule has 0 aliphatic carbocycles. The summed E-state index contributed by atoms with van der Waals surface area (Å²) >= 11 is 1.88. The summed E-state index contributed by atoms with van der Waals surface area (Å²) in [6, 6.07) is 28.6. The lowest BCUT2D eigenvalue weighted by molar-refractivity contribution is -0.644. The van der Waals surface area contributed by atoms with Crippen molar-refractivity contribution < 1.29 is 4.57 Å². The van der Waals surface area contributed by atoms with Gasteiger partial charge < -0.3 is 4.90 Å². The minimum Gasteiger partial charge on any atom is -0.338 e. The molecule has 0 unspecified atom stereocenters. The molecule has 0 radical (unpaired) electrons. The van der Waals surface area contributed by atoms with Crippen molar-refractivity contribution in [3.05, 3.63) is 107 Å². The predicted molar refractivity (Wildman–Crippen MR) is 128 cm³/mol. The van der Waals surface area contributed by atoms with Crippen LogP contribution >= 0.6 is 11.8 Å². The molecule has 3 heteroatoms. The maximum atomic E-state index is 2.35. The van der Waals surface area contributed by atoms with Gasteiger partial charge in [0.05, 0.1) is 16.1 Å². The van der Waals surface area contributed by atoms with Crippen molar-refractivity contribution in [3.8, 4) is 0 Å². The van der Waals surface area contributed by atoms with E-state index < -0.39 is 0 Å². The lowest BCUT2D eigenvalue weighted by Gasteiger charge is -2.20. The van der Waals surface area contributed by atoms with E-state index in [4.69, 9.17) is 0 Å². The monoisotopic (exact) mass is 409 g/mol. The Morgan fingerprint density at radius 3 is 2.43 bits per heavy atom. The largest absolute Gasteiger partial charge is 0.338 e. The zero-order valence-corrected chi connectivity index (χ0v) is 18.4. The fourth-order valence-electron chi connectivity index (χ4n) is 4.19. The maximum absolute atomic E-state index is 2.35. The number of rotatable bonds is 3. The molecule has 148 valence electrons. The van der Waals surface area contributed by atoms with Gasteiger partial charge in [0, 0.05) is 36.1 Å². The number of aromatic nitrogens is 1. The van der Waals surface area contributed by atoms with Gasteiger partial charge in [-0.05, 0) is 36.3 Å². The first kappa shape index (κ1) is 19.0. The molecular weight excluding hydrogens is 384 g/mol. The van der Waals surface area contributed by atoms with Crippen LogP contribution < -0.4 is 9.47 Å². The number of para-hydroxylation sites is 2. The third-order valence-electron chi connectivity index (χ3n) is 5.86. The Kier molecular flexibility index (Phi) is 4.84. The zero-order chi connectivity index (χ0) is 20.7. The number of benzene rings is 3. The van der Waals surface area contributed by atoms with E-state index in [1.165, 1.54) is 48.8 Å². The van der Waals surface area contributed by atoms with Gasteiger partial charge in [0.2, 0.25) is 5.52 Å². The standard InChI is InChI=1S/C27H25N2S/c1-19-12-14-20(15-13-19)18-23(27-29(3)25-10-6-7-11-26(25)30-27)21-16-17-28(2)24-9-5-4-8-22(21)24/h4-17H,18H2,1-3H3/q+1. The summed E-state index contributed by atoms with van der Waals surface area (Å²) in [6.07, 6.45) is 3.08. The minimum absolute atomic E-state index is 0.901. The second-order valence-corrected chi connectivity index (χ2v) is 8.96. The van der Waals surface area contributed by atoms with Gasteiger partial charge in [-0.25, -0.2) is 4.57 Å². The molecule has 30 heavy (non-hydrogen) atoms. The second-order valence-electron chi connectivity index (χ2n) is 7.93. The van der Waals surface area contributed by atoms with Crippen LogP contribution in [0.3, 0.4) is 0 Å². The Morgan fingerprint density at radius 1 is 0.900 bits per heavy atom. The van der Waals surface area contributed by atoms with Crippen LogP contribution in [0.15, 0.2) is 95.0 Å². The summed E-state index contributed by atoms with van der Waals surface area (Å²) in [5, 5.41) is 2.61. The van der Waals surface area contributed by atoms with E-state index in [-0.39, 0.29) is 0 Å². The van der Waals surface area contributed by atoms with Gasteiger partial charge in [-0.15, -0.1) is 0 Å². The molecule has 4 aromatic rings. The Bertz CT molecular complexity index is 1270. The van der Waals surface area contributed by atoms with Crippen molar-refractivity contribution in [1.29, 1.82) is 0 Å². The molecule has 1 aliphatic heterocycles. The van der Waals surface area contributed by atoms with Crippen LogP contribution in [-0.2, 0) is 13.5 Å². The molecule has 2 nitrogen and oxygen atoms in total. The molecule has 0 spiro atoms. The fraction of sp³-hybridized carbons (Fsp3) is 0.148. The van der Waals surface area contributed by atoms with Crippen LogP contribution in [-0.4, -0.2) is 7.05 Å². The van der Waals surface area contributed by atoms with Crippen LogP contribution in [0.1, 0.15) is 16.7 Å². The average Bonchev–Trinajstić information content (AvgIpc) is 3.11. The summed E-state index contributed by atoms with van der Waals surface area (Å²) < 4.78 is 2.20. The quantitative estimate of drug-likeness (QED) is 0.376. The van der Waals surface area contributed by atoms with E-state index in [0.29, 0.717) is 0 Å². The van der Waals surface area contributed by atoms with Gasteiger partial charge >= 0.3 is 0 Å². The SMILES string of the molecule is Cc1ccc(C/C(=C2/Sc3ccccc3N2C)c2cc[n+](C)c3ccccc23)cc1. The highest BCUT2D eigenvalue weighted by Crippen LogP contribution is 2.48. The van der Waals surface area contributed by atoms with Crippen molar-refractivity contribution >= 4 is 33.9 Å². The molecule has 0 saturated carbocycles. The third kappa shape index (κ3) is 3.29. The third-order valence-corrected chi connectivity index (χ3v) is 7.14. The van der Waals surface area contributed by atoms with Crippen molar-refractivity contribution in [1.82, 2.24) is 0 Å². The summed E-state index contributed by atoms with van der Waals surface area (Å²) in [7, 11) is 4.31. The highest BCUT2D eigenvalue weighted by molar-refractivity contribution is 8.04. The van der Waals surface area contributed by atoms with E-state index in [1.54, 1.807) is 0 Å². The van der Waals surface area contributed by atoms with Crippen molar-refractivity contribution in [3.63, 3.8) is 0 Å². The van der Waals surface area contributed by atoms with Crippen LogP contribution in [0, 0.1) is 6.92 Å². The summed E-state index contributed by atoms with van der Waals surface area (Å²) in [5.41, 5.74) is 7.85. The molecule has 5 rings (SSSR count). The van der Waals surface area contributed by atoms with Gasteiger partial charge in [0.1, 0.15) is 7.05 Å². The van der Waals surface area contributed by atoms with Crippen LogP contribution in [0.5, 0.6) is 0 Å². The van der Waals surface area contributed by atoms with Gasteiger partial charge in [0.15, 0.2) is 6.20 Å². The molecule has 1 aliphatic rings. The average molecular weight is 410 g/mol. The van der Waals surface area contributed by atoms with Gasteiger partial charge in [-0.3, -0.25) is 0 Å². The molecule has 0 N–H and O–H groups in total. The number of thioether (sulfide) groups is 1. The Labute approximate surface area is 182 Å². The highest BCUT2D eigenvalue weighted by atomic mass is 32.2. The first-order valence-corrected chi connectivity index (χ1v) is 11.1. The van der Waals surface area contributed by atoms with Crippen molar-refractivity contribution in [2.75, 3.05) is 11.9 Å². The predicted octanol–water partition coefficient (Wildman–Crippen LogP) is 6.13. The van der Waals surface area contributed by atoms with Crippen LogP contribution in [0.25, 0.3) is 16.5 Å². The first-order valence-electron chi connectivity index (χ1n) is 10.3. The molecule has 0 saturated heterocycles. The lowest BCUT2D eigenvalue weighted by atomic mass is 9.95. The van der Waals surface area contributed by atoms with Gasteiger partial charge in [0.25, 0.3) is 0 Å². The van der Waals surface area contributed by atoms with E-state index in [2.05, 4.69) is 116 Å². The number of nitrogens with zero attached hydrogens (tertiary/aromatic N) is 2. The molecule has 0 amide bonds. The Balaban J connectivity index is 1.73. The molecule has 0 atom stereocenters. The minimum atomic E-state index is 0.901. The molecule has 0 fully saturated rings. The number of fused-ring (bicyclic) bond motifs is 2. The summed E-state index contributed by atoms with van der Waals surface area (Å²) in [5.74, 6) is 0. The van der Waals surface area contributed by atoms with Crippen LogP contribution in [0.2, 0.25) is 0 Å². The van der Waals surface area contributed by atoms with Gasteiger partial charge in [-0.1, -0.05) is 65.9 Å². The van der Waals surface area contributed by atoms with Crippen molar-refractivity contribution in [2.45, 2.75) is 18.2 Å². The number of hydrogen-bond donors (Lipinski definition) is 0. The Morgan fingerprint density at radius 2 is 1.63 bits per heavy atom. The molecular formula is C27H25N2S+. The lowest BCUT2D eigenvalue weighted by Crippen LogP contribution is -2.28. The molecule has 3 aromatic carbocycles. The number of hydrogen-bond acceptors (Lipinski definition) is 2. The number of aryl methyl sites for hydroxylation is 2. The number of pyridine rings is 1. The Hall–Kier alpha value is -3.04. The normalized spacial score (nSPS) is 14.8. The molecule has 2 heterocycles.